The number of hydrogen-bond donors (Lipinski definition) is 0. The quantitative estimate of drug-likeness (QED) is 0.631. The summed E-state index contributed by atoms with van der Waals surface area (Å²) in [5, 5.41) is 0. The zero-order chi connectivity index (χ0) is 18.3. The highest BCUT2D eigenvalue weighted by molar-refractivity contribution is 7.89. The number of rotatable bonds is 8. The van der Waals surface area contributed by atoms with E-state index in [1.54, 1.807) is 18.1 Å². The van der Waals surface area contributed by atoms with E-state index >= 15 is 0 Å². The van der Waals surface area contributed by atoms with E-state index in [4.69, 9.17) is 9.47 Å². The first-order valence-electron chi connectivity index (χ1n) is 8.34. The summed E-state index contributed by atoms with van der Waals surface area (Å²) in [5.41, 5.74) is 1.67. The molecular formula is C17H26N2O5S. The number of piperazine rings is 1. The van der Waals surface area contributed by atoms with Gasteiger partial charge in [-0.15, -0.1) is 0 Å². The lowest BCUT2D eigenvalue weighted by atomic mass is 10.1. The van der Waals surface area contributed by atoms with Crippen LogP contribution < -0.4 is 0 Å². The number of ether oxygens (including phenoxy) is 2. The molecular weight excluding hydrogens is 344 g/mol. The van der Waals surface area contributed by atoms with Crippen LogP contribution >= 0.6 is 0 Å². The summed E-state index contributed by atoms with van der Waals surface area (Å²) in [6.07, 6.45) is 0. The van der Waals surface area contributed by atoms with Crippen molar-refractivity contribution in [1.82, 2.24) is 9.21 Å². The van der Waals surface area contributed by atoms with Crippen LogP contribution in [0, 0.1) is 6.92 Å². The van der Waals surface area contributed by atoms with Gasteiger partial charge in [-0.05, 0) is 19.1 Å². The van der Waals surface area contributed by atoms with Crippen molar-refractivity contribution in [3.05, 3.63) is 35.4 Å². The van der Waals surface area contributed by atoms with Gasteiger partial charge in [0.05, 0.1) is 25.6 Å². The van der Waals surface area contributed by atoms with E-state index in [1.807, 2.05) is 25.1 Å². The summed E-state index contributed by atoms with van der Waals surface area (Å²) in [7, 11) is -1.79. The molecule has 25 heavy (non-hydrogen) atoms. The number of sulfonamides is 1. The molecule has 0 N–H and O–H groups in total. The van der Waals surface area contributed by atoms with E-state index in [-0.39, 0.29) is 18.3 Å². The SMILES string of the molecule is COCCOCCS(=O)(=O)N1CCN(C(=O)c2cccc(C)c2)CC1. The van der Waals surface area contributed by atoms with E-state index in [9.17, 15) is 13.2 Å². The van der Waals surface area contributed by atoms with Gasteiger partial charge in [0.15, 0.2) is 0 Å². The van der Waals surface area contributed by atoms with Crippen molar-refractivity contribution >= 4 is 15.9 Å². The minimum Gasteiger partial charge on any atom is -0.382 e. The first kappa shape index (κ1) is 19.8. The van der Waals surface area contributed by atoms with Crippen LogP contribution in [0.25, 0.3) is 0 Å². The molecule has 1 heterocycles. The van der Waals surface area contributed by atoms with Crippen LogP contribution in [0.5, 0.6) is 0 Å². The molecule has 1 aliphatic rings. The molecule has 8 heteroatoms. The Bertz CT molecular complexity index is 669. The van der Waals surface area contributed by atoms with Crippen LogP contribution in [-0.2, 0) is 19.5 Å². The highest BCUT2D eigenvalue weighted by Crippen LogP contribution is 2.13. The van der Waals surface area contributed by atoms with Crippen molar-refractivity contribution in [2.75, 3.05) is 58.9 Å². The number of benzene rings is 1. The fourth-order valence-corrected chi connectivity index (χ4v) is 3.97. The standard InChI is InChI=1S/C17H26N2O5S/c1-15-4-3-5-16(14-15)17(20)18-6-8-19(9-7-18)25(21,22)13-12-24-11-10-23-2/h3-5,14H,6-13H2,1-2H3. The Balaban J connectivity index is 1.83. The monoisotopic (exact) mass is 370 g/mol. The number of hydrogen-bond acceptors (Lipinski definition) is 5. The fourth-order valence-electron chi connectivity index (χ4n) is 2.67. The number of methoxy groups -OCH3 is 1. The van der Waals surface area contributed by atoms with Gasteiger partial charge in [0.25, 0.3) is 5.91 Å². The Labute approximate surface area is 149 Å². The second-order valence-electron chi connectivity index (χ2n) is 5.98. The Kier molecular flexibility index (Phi) is 7.37. The maximum atomic E-state index is 12.5. The average Bonchev–Trinajstić information content (AvgIpc) is 2.61. The minimum absolute atomic E-state index is 0.0522. The van der Waals surface area contributed by atoms with Crippen LogP contribution in [-0.4, -0.2) is 82.4 Å². The molecule has 1 aromatic carbocycles. The van der Waals surface area contributed by atoms with Crippen molar-refractivity contribution < 1.29 is 22.7 Å². The predicted molar refractivity (Wildman–Crippen MR) is 95.1 cm³/mol. The van der Waals surface area contributed by atoms with E-state index in [1.165, 1.54) is 4.31 Å². The van der Waals surface area contributed by atoms with Crippen LogP contribution in [0.4, 0.5) is 0 Å². The largest absolute Gasteiger partial charge is 0.382 e. The van der Waals surface area contributed by atoms with E-state index < -0.39 is 10.0 Å². The summed E-state index contributed by atoms with van der Waals surface area (Å²) in [5.74, 6) is -0.105. The number of carbonyl (C=O) groups excluding carboxylic acids is 1. The molecule has 2 rings (SSSR count). The van der Waals surface area contributed by atoms with Gasteiger partial charge in [0.1, 0.15) is 0 Å². The second kappa shape index (κ2) is 9.28. The van der Waals surface area contributed by atoms with Crippen LogP contribution in [0.2, 0.25) is 0 Å². The number of aryl methyl sites for hydroxylation is 1. The van der Waals surface area contributed by atoms with Gasteiger partial charge in [0.2, 0.25) is 10.0 Å². The zero-order valence-electron chi connectivity index (χ0n) is 14.8. The van der Waals surface area contributed by atoms with Crippen molar-refractivity contribution in [2.24, 2.45) is 0 Å². The lowest BCUT2D eigenvalue weighted by molar-refractivity contribution is 0.0692. The molecule has 1 aromatic rings. The van der Waals surface area contributed by atoms with E-state index in [0.29, 0.717) is 45.0 Å². The molecule has 0 spiro atoms. The van der Waals surface area contributed by atoms with Gasteiger partial charge >= 0.3 is 0 Å². The second-order valence-corrected chi connectivity index (χ2v) is 8.07. The molecule has 0 aliphatic carbocycles. The summed E-state index contributed by atoms with van der Waals surface area (Å²) >= 11 is 0. The molecule has 0 aromatic heterocycles. The smallest absolute Gasteiger partial charge is 0.253 e. The van der Waals surface area contributed by atoms with Crippen molar-refractivity contribution in [3.8, 4) is 0 Å². The molecule has 0 unspecified atom stereocenters. The third-order valence-electron chi connectivity index (χ3n) is 4.10. The Morgan fingerprint density at radius 3 is 2.48 bits per heavy atom. The maximum absolute atomic E-state index is 12.5. The van der Waals surface area contributed by atoms with Gasteiger partial charge in [-0.3, -0.25) is 4.79 Å². The summed E-state index contributed by atoms with van der Waals surface area (Å²) in [6, 6.07) is 7.43. The fraction of sp³-hybridized carbons (Fsp3) is 0.588. The normalized spacial score (nSPS) is 16.2. The number of nitrogens with zero attached hydrogens (tertiary/aromatic N) is 2. The van der Waals surface area contributed by atoms with Crippen molar-refractivity contribution in [2.45, 2.75) is 6.92 Å². The van der Waals surface area contributed by atoms with Crippen molar-refractivity contribution in [1.29, 1.82) is 0 Å². The van der Waals surface area contributed by atoms with Gasteiger partial charge in [-0.2, -0.15) is 4.31 Å². The van der Waals surface area contributed by atoms with E-state index in [2.05, 4.69) is 0 Å². The molecule has 7 nitrogen and oxygen atoms in total. The summed E-state index contributed by atoms with van der Waals surface area (Å²) < 4.78 is 36.2. The van der Waals surface area contributed by atoms with Gasteiger partial charge in [-0.1, -0.05) is 17.7 Å². The summed E-state index contributed by atoms with van der Waals surface area (Å²) in [6.45, 7) is 4.34. The topological polar surface area (TPSA) is 76.2 Å². The molecule has 0 saturated carbocycles. The maximum Gasteiger partial charge on any atom is 0.253 e. The third-order valence-corrected chi connectivity index (χ3v) is 5.94. The lowest BCUT2D eigenvalue weighted by Gasteiger charge is -2.34. The lowest BCUT2D eigenvalue weighted by Crippen LogP contribution is -2.51. The molecule has 1 fully saturated rings. The van der Waals surface area contributed by atoms with Gasteiger partial charge < -0.3 is 14.4 Å². The highest BCUT2D eigenvalue weighted by Gasteiger charge is 2.29. The average molecular weight is 370 g/mol. The first-order chi connectivity index (χ1) is 11.9. The number of amides is 1. The molecule has 0 radical (unpaired) electrons. The van der Waals surface area contributed by atoms with Crippen molar-refractivity contribution in [3.63, 3.8) is 0 Å². The Morgan fingerprint density at radius 2 is 1.84 bits per heavy atom. The minimum atomic E-state index is -3.36. The van der Waals surface area contributed by atoms with E-state index in [0.717, 1.165) is 5.56 Å². The third kappa shape index (κ3) is 5.78. The Hall–Kier alpha value is -1.48. The van der Waals surface area contributed by atoms with Crippen LogP contribution in [0.3, 0.4) is 0 Å². The van der Waals surface area contributed by atoms with Crippen LogP contribution in [0.1, 0.15) is 15.9 Å². The number of carbonyl (C=O) groups is 1. The molecule has 0 atom stereocenters. The Morgan fingerprint density at radius 1 is 1.12 bits per heavy atom. The molecule has 1 aliphatic heterocycles. The molecule has 1 saturated heterocycles. The van der Waals surface area contributed by atoms with Gasteiger partial charge in [-0.25, -0.2) is 8.42 Å². The predicted octanol–water partition coefficient (Wildman–Crippen LogP) is 0.746. The first-order valence-corrected chi connectivity index (χ1v) is 9.95. The molecule has 0 bridgehead atoms. The van der Waals surface area contributed by atoms with Gasteiger partial charge in [0, 0.05) is 38.9 Å². The highest BCUT2D eigenvalue weighted by atomic mass is 32.2. The summed E-state index contributed by atoms with van der Waals surface area (Å²) in [4.78, 5) is 14.2. The molecule has 1 amide bonds. The molecule has 140 valence electrons. The zero-order valence-corrected chi connectivity index (χ0v) is 15.6. The van der Waals surface area contributed by atoms with Crippen LogP contribution in [0.15, 0.2) is 24.3 Å².